The minimum atomic E-state index is -3.70. The zero-order valence-electron chi connectivity index (χ0n) is 14.7. The highest BCUT2D eigenvalue weighted by atomic mass is 32.2. The van der Waals surface area contributed by atoms with Crippen molar-refractivity contribution in [3.8, 4) is 11.5 Å². The summed E-state index contributed by atoms with van der Waals surface area (Å²) in [4.78, 5) is 7.65. The molecular formula is C18H14N4O5S2. The normalized spacial score (nSPS) is 12.0. The maximum atomic E-state index is 12.4. The molecule has 0 aliphatic rings. The molecule has 0 saturated carbocycles. The molecule has 0 aliphatic heterocycles. The van der Waals surface area contributed by atoms with Crippen LogP contribution in [0.4, 0.5) is 0 Å². The molecule has 0 atom stereocenters. The summed E-state index contributed by atoms with van der Waals surface area (Å²) in [7, 11) is -7.41. The lowest BCUT2D eigenvalue weighted by Crippen LogP contribution is -2.10. The molecule has 148 valence electrons. The summed E-state index contributed by atoms with van der Waals surface area (Å²) >= 11 is 0. The summed E-state index contributed by atoms with van der Waals surface area (Å²) in [5.74, 6) is 0.805. The fourth-order valence-electron chi connectivity index (χ4n) is 2.52. The van der Waals surface area contributed by atoms with E-state index in [0.29, 0.717) is 11.5 Å². The number of benzene rings is 2. The number of aromatic nitrogens is 4. The second-order valence-electron chi connectivity index (χ2n) is 5.84. The van der Waals surface area contributed by atoms with Crippen molar-refractivity contribution in [2.45, 2.75) is 9.79 Å². The summed E-state index contributed by atoms with van der Waals surface area (Å²) in [5.41, 5.74) is 0. The second kappa shape index (κ2) is 7.18. The van der Waals surface area contributed by atoms with Crippen molar-refractivity contribution in [2.24, 2.45) is 0 Å². The summed E-state index contributed by atoms with van der Waals surface area (Å²) < 4.78 is 57.3. The smallest absolute Gasteiger partial charge is 0.268 e. The monoisotopic (exact) mass is 430 g/mol. The van der Waals surface area contributed by atoms with Gasteiger partial charge in [-0.25, -0.2) is 34.7 Å². The van der Waals surface area contributed by atoms with Crippen LogP contribution < -0.4 is 4.74 Å². The van der Waals surface area contributed by atoms with E-state index in [1.165, 1.54) is 86.0 Å². The Hall–Kier alpha value is -3.44. The van der Waals surface area contributed by atoms with Crippen molar-refractivity contribution in [1.29, 1.82) is 0 Å². The van der Waals surface area contributed by atoms with E-state index in [1.54, 1.807) is 0 Å². The van der Waals surface area contributed by atoms with Gasteiger partial charge in [-0.2, -0.15) is 0 Å². The summed E-state index contributed by atoms with van der Waals surface area (Å²) in [6.07, 6.45) is 7.87. The van der Waals surface area contributed by atoms with Gasteiger partial charge < -0.3 is 4.74 Å². The molecule has 0 N–H and O–H groups in total. The van der Waals surface area contributed by atoms with Gasteiger partial charge in [-0.3, -0.25) is 0 Å². The third-order valence-electron chi connectivity index (χ3n) is 3.99. The third kappa shape index (κ3) is 3.65. The topological polar surface area (TPSA) is 113 Å². The van der Waals surface area contributed by atoms with Crippen LogP contribution in [0.25, 0.3) is 0 Å². The summed E-state index contributed by atoms with van der Waals surface area (Å²) in [5, 5.41) is 0. The van der Waals surface area contributed by atoms with Gasteiger partial charge in [0.15, 0.2) is 0 Å². The van der Waals surface area contributed by atoms with Gasteiger partial charge in [0.2, 0.25) is 0 Å². The highest BCUT2D eigenvalue weighted by Crippen LogP contribution is 2.25. The van der Waals surface area contributed by atoms with Crippen LogP contribution in [0, 0.1) is 0 Å². The maximum Gasteiger partial charge on any atom is 0.268 e. The minimum Gasteiger partial charge on any atom is -0.457 e. The highest BCUT2D eigenvalue weighted by molar-refractivity contribution is 7.90. The fourth-order valence-corrected chi connectivity index (χ4v) is 4.75. The Kier molecular flexibility index (Phi) is 4.68. The van der Waals surface area contributed by atoms with Gasteiger partial charge in [0, 0.05) is 24.8 Å². The van der Waals surface area contributed by atoms with Crippen molar-refractivity contribution >= 4 is 20.0 Å². The van der Waals surface area contributed by atoms with Crippen molar-refractivity contribution in [3.63, 3.8) is 0 Å². The Morgan fingerprint density at radius 3 is 1.31 bits per heavy atom. The molecule has 0 aliphatic carbocycles. The van der Waals surface area contributed by atoms with Gasteiger partial charge >= 0.3 is 0 Å². The molecule has 2 aromatic heterocycles. The first-order valence-electron chi connectivity index (χ1n) is 8.22. The van der Waals surface area contributed by atoms with E-state index in [-0.39, 0.29) is 9.79 Å². The van der Waals surface area contributed by atoms with Crippen LogP contribution in [0.2, 0.25) is 0 Å². The maximum absolute atomic E-state index is 12.4. The molecular weight excluding hydrogens is 416 g/mol. The molecule has 4 rings (SSSR count). The third-order valence-corrected chi connectivity index (χ3v) is 7.27. The molecule has 0 spiro atoms. The molecule has 0 bridgehead atoms. The largest absolute Gasteiger partial charge is 0.457 e. The second-order valence-corrected chi connectivity index (χ2v) is 9.53. The van der Waals surface area contributed by atoms with E-state index in [4.69, 9.17) is 4.74 Å². The lowest BCUT2D eigenvalue weighted by Gasteiger charge is -2.09. The molecule has 0 fully saturated rings. The van der Waals surface area contributed by atoms with Gasteiger partial charge in [-0.1, -0.05) is 0 Å². The highest BCUT2D eigenvalue weighted by Gasteiger charge is 2.17. The predicted molar refractivity (Wildman–Crippen MR) is 103 cm³/mol. The molecule has 4 aromatic rings. The Morgan fingerprint density at radius 2 is 1.00 bits per heavy atom. The van der Waals surface area contributed by atoms with Crippen LogP contribution >= 0.6 is 0 Å². The summed E-state index contributed by atoms with van der Waals surface area (Å²) in [6.45, 7) is 0. The van der Waals surface area contributed by atoms with Crippen LogP contribution in [0.3, 0.4) is 0 Å². The van der Waals surface area contributed by atoms with Gasteiger partial charge in [0.1, 0.15) is 24.2 Å². The van der Waals surface area contributed by atoms with Crippen LogP contribution in [0.15, 0.2) is 95.8 Å². The van der Waals surface area contributed by atoms with Crippen LogP contribution in [-0.2, 0) is 20.0 Å². The zero-order valence-corrected chi connectivity index (χ0v) is 16.4. The fraction of sp³-hybridized carbons (Fsp3) is 0. The van der Waals surface area contributed by atoms with Gasteiger partial charge in [-0.05, 0) is 48.5 Å². The first kappa shape index (κ1) is 18.9. The first-order valence-corrected chi connectivity index (χ1v) is 11.1. The van der Waals surface area contributed by atoms with Gasteiger partial charge in [-0.15, -0.1) is 0 Å². The SMILES string of the molecule is O=S(=O)(c1ccc(Oc2ccc(S(=O)(=O)n3ccnc3)cc2)cc1)n1ccnc1. The average molecular weight is 430 g/mol. The summed E-state index contributed by atoms with van der Waals surface area (Å²) in [6, 6.07) is 11.7. The number of hydrogen-bond acceptors (Lipinski definition) is 7. The standard InChI is InChI=1S/C18H14N4O5S2/c23-28(24,21-11-9-19-13-21)17-5-1-15(2-6-17)27-16-3-7-18(8-4-16)29(25,26)22-12-10-20-14-22/h1-14H. The Balaban J connectivity index is 1.52. The minimum absolute atomic E-state index is 0.0876. The van der Waals surface area contributed by atoms with Crippen molar-refractivity contribution < 1.29 is 21.6 Å². The quantitative estimate of drug-likeness (QED) is 0.461. The van der Waals surface area contributed by atoms with E-state index in [2.05, 4.69) is 9.97 Å². The van der Waals surface area contributed by atoms with E-state index in [9.17, 15) is 16.8 Å². The van der Waals surface area contributed by atoms with E-state index >= 15 is 0 Å². The van der Waals surface area contributed by atoms with Crippen molar-refractivity contribution in [1.82, 2.24) is 17.9 Å². The Morgan fingerprint density at radius 1 is 0.621 bits per heavy atom. The van der Waals surface area contributed by atoms with E-state index in [1.807, 2.05) is 0 Å². The molecule has 0 saturated heterocycles. The molecule has 0 amide bonds. The van der Waals surface area contributed by atoms with Crippen molar-refractivity contribution in [3.05, 3.63) is 86.0 Å². The Labute approximate surface area is 167 Å². The molecule has 0 radical (unpaired) electrons. The molecule has 9 nitrogen and oxygen atoms in total. The molecule has 0 unspecified atom stereocenters. The number of ether oxygens (including phenoxy) is 1. The molecule has 29 heavy (non-hydrogen) atoms. The number of hydrogen-bond donors (Lipinski definition) is 0. The van der Waals surface area contributed by atoms with Gasteiger partial charge in [0.25, 0.3) is 20.0 Å². The number of nitrogens with zero attached hydrogens (tertiary/aromatic N) is 4. The molecule has 11 heteroatoms. The predicted octanol–water partition coefficient (Wildman–Crippen LogP) is 2.35. The molecule has 2 aromatic carbocycles. The van der Waals surface area contributed by atoms with E-state index < -0.39 is 20.0 Å². The molecule has 2 heterocycles. The zero-order chi connectivity index (χ0) is 20.5. The first-order chi connectivity index (χ1) is 13.9. The lowest BCUT2D eigenvalue weighted by molar-refractivity contribution is 0.481. The average Bonchev–Trinajstić information content (AvgIpc) is 3.43. The van der Waals surface area contributed by atoms with Gasteiger partial charge in [0.05, 0.1) is 9.79 Å². The van der Waals surface area contributed by atoms with E-state index in [0.717, 1.165) is 7.94 Å². The van der Waals surface area contributed by atoms with Crippen molar-refractivity contribution in [2.75, 3.05) is 0 Å². The Bertz CT molecular complexity index is 1210. The lowest BCUT2D eigenvalue weighted by atomic mass is 10.3. The van der Waals surface area contributed by atoms with Crippen LogP contribution in [0.1, 0.15) is 0 Å². The van der Waals surface area contributed by atoms with Crippen LogP contribution in [0.5, 0.6) is 11.5 Å². The van der Waals surface area contributed by atoms with Crippen LogP contribution in [-0.4, -0.2) is 34.7 Å². The number of rotatable bonds is 6. The number of imidazole rings is 2.